The van der Waals surface area contributed by atoms with Crippen molar-refractivity contribution in [2.24, 2.45) is 5.11 Å². The smallest absolute Gasteiger partial charge is 0.236 e. The van der Waals surface area contributed by atoms with Gasteiger partial charge >= 0.3 is 0 Å². The molecule has 0 bridgehead atoms. The van der Waals surface area contributed by atoms with E-state index in [9.17, 15) is 0 Å². The third-order valence-electron chi connectivity index (χ3n) is 1.65. The van der Waals surface area contributed by atoms with Gasteiger partial charge in [-0.1, -0.05) is 17.3 Å². The van der Waals surface area contributed by atoms with Crippen LogP contribution in [0.15, 0.2) is 23.5 Å². The third kappa shape index (κ3) is 3.21. The Morgan fingerprint density at radius 2 is 2.53 bits per heavy atom. The standard InChI is InChI=1S/C9H11N5O/c1-15-9-8(10)5-7(6-12-9)3-2-4-13-14-11/h2-3,5-6H,4,10H2,1H3. The van der Waals surface area contributed by atoms with Crippen LogP contribution in [0.5, 0.6) is 5.88 Å². The minimum Gasteiger partial charge on any atom is -0.480 e. The molecule has 1 heterocycles. The number of hydrogen-bond acceptors (Lipinski definition) is 4. The summed E-state index contributed by atoms with van der Waals surface area (Å²) in [6.45, 7) is 0.308. The van der Waals surface area contributed by atoms with E-state index in [0.29, 0.717) is 18.1 Å². The molecule has 0 atom stereocenters. The van der Waals surface area contributed by atoms with Crippen LogP contribution < -0.4 is 10.5 Å². The van der Waals surface area contributed by atoms with Gasteiger partial charge in [-0.15, -0.1) is 0 Å². The summed E-state index contributed by atoms with van der Waals surface area (Å²) >= 11 is 0. The molecule has 0 aromatic carbocycles. The molecule has 6 heteroatoms. The number of methoxy groups -OCH3 is 1. The number of aromatic nitrogens is 1. The number of pyridine rings is 1. The van der Waals surface area contributed by atoms with E-state index in [-0.39, 0.29) is 0 Å². The SMILES string of the molecule is COc1ncc(C=CCN=[N+]=[N-])cc1N. The topological polar surface area (TPSA) is 96.9 Å². The first-order valence-electron chi connectivity index (χ1n) is 4.25. The minimum absolute atomic E-state index is 0.308. The summed E-state index contributed by atoms with van der Waals surface area (Å²) < 4.78 is 4.92. The predicted octanol–water partition coefficient (Wildman–Crippen LogP) is 2.00. The van der Waals surface area contributed by atoms with Crippen LogP contribution in [0.3, 0.4) is 0 Å². The molecule has 0 saturated carbocycles. The van der Waals surface area contributed by atoms with Crippen molar-refractivity contribution in [3.8, 4) is 5.88 Å². The van der Waals surface area contributed by atoms with Crippen molar-refractivity contribution >= 4 is 11.8 Å². The Kier molecular flexibility index (Phi) is 4.00. The lowest BCUT2D eigenvalue weighted by molar-refractivity contribution is 0.400. The highest BCUT2D eigenvalue weighted by atomic mass is 16.5. The maximum atomic E-state index is 8.05. The van der Waals surface area contributed by atoms with Crippen molar-refractivity contribution in [3.05, 3.63) is 34.3 Å². The van der Waals surface area contributed by atoms with Crippen LogP contribution in [0.1, 0.15) is 5.56 Å². The van der Waals surface area contributed by atoms with Crippen LogP contribution in [0.25, 0.3) is 16.5 Å². The molecule has 1 aromatic heterocycles. The van der Waals surface area contributed by atoms with E-state index < -0.39 is 0 Å². The Morgan fingerprint density at radius 3 is 3.13 bits per heavy atom. The maximum absolute atomic E-state index is 8.05. The van der Waals surface area contributed by atoms with Crippen LogP contribution in [0, 0.1) is 0 Å². The first kappa shape index (κ1) is 10.9. The molecule has 0 fully saturated rings. The molecule has 6 nitrogen and oxygen atoms in total. The van der Waals surface area contributed by atoms with Gasteiger partial charge in [0.25, 0.3) is 0 Å². The Balaban J connectivity index is 2.75. The second kappa shape index (κ2) is 5.51. The number of nitrogen functional groups attached to an aromatic ring is 1. The highest BCUT2D eigenvalue weighted by Gasteiger charge is 1.99. The van der Waals surface area contributed by atoms with Crippen LogP contribution in [0.2, 0.25) is 0 Å². The number of rotatable bonds is 4. The second-order valence-electron chi connectivity index (χ2n) is 2.68. The number of hydrogen-bond donors (Lipinski definition) is 1. The van der Waals surface area contributed by atoms with Gasteiger partial charge in [0.05, 0.1) is 12.8 Å². The van der Waals surface area contributed by atoms with E-state index >= 15 is 0 Å². The second-order valence-corrected chi connectivity index (χ2v) is 2.68. The molecule has 0 aliphatic heterocycles. The molecule has 2 N–H and O–H groups in total. The van der Waals surface area contributed by atoms with Crippen molar-refractivity contribution in [3.63, 3.8) is 0 Å². The van der Waals surface area contributed by atoms with Gasteiger partial charge < -0.3 is 10.5 Å². The van der Waals surface area contributed by atoms with Crippen molar-refractivity contribution in [1.82, 2.24) is 4.98 Å². The lowest BCUT2D eigenvalue weighted by Gasteiger charge is -2.02. The Hall–Kier alpha value is -2.20. The van der Waals surface area contributed by atoms with Gasteiger partial charge in [-0.05, 0) is 17.2 Å². The van der Waals surface area contributed by atoms with Gasteiger partial charge in [0.2, 0.25) is 5.88 Å². The van der Waals surface area contributed by atoms with E-state index in [1.165, 1.54) is 7.11 Å². The van der Waals surface area contributed by atoms with E-state index in [4.69, 9.17) is 16.0 Å². The number of anilines is 1. The quantitative estimate of drug-likeness (QED) is 0.462. The summed E-state index contributed by atoms with van der Waals surface area (Å²) in [5, 5.41) is 3.36. The molecule has 0 aliphatic carbocycles. The summed E-state index contributed by atoms with van der Waals surface area (Å²) in [7, 11) is 1.51. The molecular weight excluding hydrogens is 194 g/mol. The fraction of sp³-hybridized carbons (Fsp3) is 0.222. The van der Waals surface area contributed by atoms with Gasteiger partial charge in [-0.25, -0.2) is 4.98 Å². The van der Waals surface area contributed by atoms with Gasteiger partial charge in [-0.3, -0.25) is 0 Å². The normalized spacial score (nSPS) is 9.93. The molecular formula is C9H11N5O. The van der Waals surface area contributed by atoms with E-state index in [1.54, 1.807) is 24.4 Å². The van der Waals surface area contributed by atoms with Crippen LogP contribution in [-0.4, -0.2) is 18.6 Å². The summed E-state index contributed by atoms with van der Waals surface area (Å²) in [5.74, 6) is 0.405. The molecule has 0 radical (unpaired) electrons. The van der Waals surface area contributed by atoms with Gasteiger partial charge in [0, 0.05) is 17.7 Å². The third-order valence-corrected chi connectivity index (χ3v) is 1.65. The Labute approximate surface area is 87.0 Å². The molecule has 78 valence electrons. The molecule has 0 spiro atoms. The summed E-state index contributed by atoms with van der Waals surface area (Å²) in [4.78, 5) is 6.62. The van der Waals surface area contributed by atoms with Gasteiger partial charge in [0.1, 0.15) is 0 Å². The Bertz CT molecular complexity index is 409. The molecule has 0 amide bonds. The molecule has 0 unspecified atom stereocenters. The highest BCUT2D eigenvalue weighted by molar-refractivity contribution is 5.58. The van der Waals surface area contributed by atoms with Gasteiger partial charge in [0.15, 0.2) is 0 Å². The Morgan fingerprint density at radius 1 is 1.73 bits per heavy atom. The van der Waals surface area contributed by atoms with E-state index in [1.807, 2.05) is 0 Å². The number of nitrogens with zero attached hydrogens (tertiary/aromatic N) is 4. The number of azide groups is 1. The van der Waals surface area contributed by atoms with Crippen molar-refractivity contribution in [2.45, 2.75) is 0 Å². The largest absolute Gasteiger partial charge is 0.480 e. The first-order chi connectivity index (χ1) is 7.27. The fourth-order valence-electron chi connectivity index (χ4n) is 1.02. The average molecular weight is 205 g/mol. The van der Waals surface area contributed by atoms with Gasteiger partial charge in [-0.2, -0.15) is 0 Å². The number of ether oxygens (including phenoxy) is 1. The predicted molar refractivity (Wildman–Crippen MR) is 58.2 cm³/mol. The molecule has 0 aliphatic rings. The summed E-state index contributed by atoms with van der Waals surface area (Å²) in [6.07, 6.45) is 5.13. The average Bonchev–Trinajstić information content (AvgIpc) is 2.25. The van der Waals surface area contributed by atoms with Crippen molar-refractivity contribution < 1.29 is 4.74 Å². The minimum atomic E-state index is 0.308. The maximum Gasteiger partial charge on any atom is 0.236 e. The molecule has 0 saturated heterocycles. The monoisotopic (exact) mass is 205 g/mol. The zero-order valence-corrected chi connectivity index (χ0v) is 8.29. The summed E-state index contributed by atoms with van der Waals surface area (Å²) in [6, 6.07) is 1.73. The lowest BCUT2D eigenvalue weighted by Crippen LogP contribution is -1.95. The summed E-state index contributed by atoms with van der Waals surface area (Å²) in [5.41, 5.74) is 15.0. The zero-order valence-electron chi connectivity index (χ0n) is 8.29. The molecule has 1 aromatic rings. The molecule has 15 heavy (non-hydrogen) atoms. The van der Waals surface area contributed by atoms with Crippen LogP contribution in [0.4, 0.5) is 5.69 Å². The molecule has 1 rings (SSSR count). The van der Waals surface area contributed by atoms with Crippen molar-refractivity contribution in [2.75, 3.05) is 19.4 Å². The van der Waals surface area contributed by atoms with Crippen LogP contribution in [-0.2, 0) is 0 Å². The van der Waals surface area contributed by atoms with E-state index in [0.717, 1.165) is 5.56 Å². The fourth-order valence-corrected chi connectivity index (χ4v) is 1.02. The zero-order chi connectivity index (χ0) is 11.1. The number of nitrogens with two attached hydrogens (primary N) is 1. The highest BCUT2D eigenvalue weighted by Crippen LogP contribution is 2.18. The van der Waals surface area contributed by atoms with Crippen molar-refractivity contribution in [1.29, 1.82) is 0 Å². The lowest BCUT2D eigenvalue weighted by atomic mass is 10.2. The first-order valence-corrected chi connectivity index (χ1v) is 4.25. The van der Waals surface area contributed by atoms with E-state index in [2.05, 4.69) is 15.0 Å². The van der Waals surface area contributed by atoms with Crippen LogP contribution >= 0.6 is 0 Å².